The molecule has 0 aliphatic carbocycles. The number of rotatable bonds is 6. The molecule has 0 atom stereocenters. The molecule has 0 saturated heterocycles. The highest BCUT2D eigenvalue weighted by Gasteiger charge is 2.22. The van der Waals surface area contributed by atoms with Crippen LogP contribution < -0.4 is 0 Å². The Morgan fingerprint density at radius 3 is 1.62 bits per heavy atom. The number of hydrogen-bond donors (Lipinski definition) is 0. The molecule has 0 amide bonds. The fourth-order valence-electron chi connectivity index (χ4n) is 8.02. The molecule has 0 N–H and O–H groups in total. The summed E-state index contributed by atoms with van der Waals surface area (Å²) in [5.74, 6) is 1.87. The van der Waals surface area contributed by atoms with Gasteiger partial charge in [0.15, 0.2) is 17.5 Å². The van der Waals surface area contributed by atoms with Crippen LogP contribution in [0.25, 0.3) is 104 Å². The monoisotopic (exact) mass is 732 g/mol. The highest BCUT2D eigenvalue weighted by molar-refractivity contribution is 7.26. The van der Waals surface area contributed by atoms with Gasteiger partial charge in [0.2, 0.25) is 0 Å². The molecule has 0 aliphatic rings. The summed E-state index contributed by atoms with van der Waals surface area (Å²) in [6, 6.07) is 68.5. The SMILES string of the molecule is c1ccc(-c2cccc(-c3ccc(-n4c5ccccc5c5c6sc7ccccc7c6ccc54)c(-c4nc(-c5ccccc5)nc(-c5ccccc5)n4)c3)c2)cc1. The van der Waals surface area contributed by atoms with Crippen LogP contribution in [0.4, 0.5) is 0 Å². The maximum atomic E-state index is 5.28. The van der Waals surface area contributed by atoms with Gasteiger partial charge in [-0.3, -0.25) is 0 Å². The molecule has 56 heavy (non-hydrogen) atoms. The Hall–Kier alpha value is -7.21. The largest absolute Gasteiger partial charge is 0.308 e. The van der Waals surface area contributed by atoms with Crippen LogP contribution in [0.3, 0.4) is 0 Å². The summed E-state index contributed by atoms with van der Waals surface area (Å²) in [7, 11) is 0. The summed E-state index contributed by atoms with van der Waals surface area (Å²) in [6.45, 7) is 0. The van der Waals surface area contributed by atoms with Gasteiger partial charge in [0.25, 0.3) is 0 Å². The molecule has 3 heterocycles. The third-order valence-corrected chi connectivity index (χ3v) is 11.9. The van der Waals surface area contributed by atoms with Crippen LogP contribution in [0, 0.1) is 0 Å². The van der Waals surface area contributed by atoms with Gasteiger partial charge in [0, 0.05) is 47.6 Å². The highest BCUT2D eigenvalue weighted by atomic mass is 32.1. The first-order chi connectivity index (χ1) is 27.8. The summed E-state index contributed by atoms with van der Waals surface area (Å²) in [4.78, 5) is 15.6. The quantitative estimate of drug-likeness (QED) is 0.171. The van der Waals surface area contributed by atoms with Crippen molar-refractivity contribution in [2.24, 2.45) is 0 Å². The van der Waals surface area contributed by atoms with Crippen molar-refractivity contribution in [1.29, 1.82) is 0 Å². The Balaban J connectivity index is 1.21. The maximum Gasteiger partial charge on any atom is 0.166 e. The summed E-state index contributed by atoms with van der Waals surface area (Å²) in [5.41, 5.74) is 10.6. The van der Waals surface area contributed by atoms with Gasteiger partial charge in [-0.1, -0.05) is 158 Å². The average molecular weight is 733 g/mol. The summed E-state index contributed by atoms with van der Waals surface area (Å²) < 4.78 is 5.00. The molecule has 0 aliphatic heterocycles. The number of benzene rings is 8. The molecule has 11 aromatic rings. The van der Waals surface area contributed by atoms with E-state index in [1.165, 1.54) is 42.1 Å². The summed E-state index contributed by atoms with van der Waals surface area (Å²) in [5, 5.41) is 5.06. The van der Waals surface area contributed by atoms with E-state index in [0.717, 1.165) is 44.5 Å². The molecule has 0 spiro atoms. The summed E-state index contributed by atoms with van der Waals surface area (Å²) >= 11 is 1.87. The lowest BCUT2D eigenvalue weighted by molar-refractivity contribution is 1.06. The van der Waals surface area contributed by atoms with Crippen LogP contribution in [-0.4, -0.2) is 19.5 Å². The van der Waals surface area contributed by atoms with Gasteiger partial charge < -0.3 is 4.57 Å². The first-order valence-electron chi connectivity index (χ1n) is 18.8. The lowest BCUT2D eigenvalue weighted by Crippen LogP contribution is -2.04. The van der Waals surface area contributed by atoms with Crippen LogP contribution in [0.1, 0.15) is 0 Å². The van der Waals surface area contributed by atoms with Crippen molar-refractivity contribution in [3.8, 4) is 62.1 Å². The minimum atomic E-state index is 0.614. The molecular weight excluding hydrogens is 701 g/mol. The van der Waals surface area contributed by atoms with Crippen LogP contribution in [0.2, 0.25) is 0 Å². The molecule has 8 aromatic carbocycles. The molecule has 0 saturated carbocycles. The van der Waals surface area contributed by atoms with E-state index in [1.807, 2.05) is 47.7 Å². The van der Waals surface area contributed by atoms with Gasteiger partial charge in [-0.05, 0) is 58.7 Å². The predicted molar refractivity (Wildman–Crippen MR) is 234 cm³/mol. The molecule has 262 valence electrons. The van der Waals surface area contributed by atoms with Gasteiger partial charge >= 0.3 is 0 Å². The Morgan fingerprint density at radius 1 is 0.357 bits per heavy atom. The van der Waals surface area contributed by atoms with E-state index in [9.17, 15) is 0 Å². The second kappa shape index (κ2) is 13.3. The average Bonchev–Trinajstić information content (AvgIpc) is 3.83. The molecule has 11 rings (SSSR count). The molecular formula is C51H32N4S. The van der Waals surface area contributed by atoms with E-state index in [-0.39, 0.29) is 0 Å². The van der Waals surface area contributed by atoms with Crippen molar-refractivity contribution >= 4 is 53.3 Å². The number of aromatic nitrogens is 4. The van der Waals surface area contributed by atoms with Crippen molar-refractivity contribution in [1.82, 2.24) is 19.5 Å². The fraction of sp³-hybridized carbons (Fsp3) is 0. The number of para-hydroxylation sites is 1. The first kappa shape index (κ1) is 32.2. The van der Waals surface area contributed by atoms with E-state index in [2.05, 4.69) is 162 Å². The Kier molecular flexibility index (Phi) is 7.64. The van der Waals surface area contributed by atoms with Gasteiger partial charge in [0.1, 0.15) is 0 Å². The second-order valence-corrected chi connectivity index (χ2v) is 15.1. The van der Waals surface area contributed by atoms with Crippen molar-refractivity contribution < 1.29 is 0 Å². The Morgan fingerprint density at radius 2 is 0.911 bits per heavy atom. The number of fused-ring (bicyclic) bond motifs is 7. The van der Waals surface area contributed by atoms with Crippen molar-refractivity contribution in [3.63, 3.8) is 0 Å². The standard InChI is InChI=1S/C51H32N4S/c1-4-15-33(16-5-1)36-21-14-22-37(31-36)38-27-29-44(42(32-38)51-53-49(34-17-6-2-7-18-34)52-50(54-51)35-19-8-3-9-20-35)55-43-25-12-10-24-41(43)47-45(55)30-28-40-39-23-11-13-26-46(39)56-48(40)47/h1-32H. The zero-order valence-corrected chi connectivity index (χ0v) is 31.0. The zero-order valence-electron chi connectivity index (χ0n) is 30.2. The fourth-order valence-corrected chi connectivity index (χ4v) is 9.28. The van der Waals surface area contributed by atoms with Gasteiger partial charge in [0.05, 0.1) is 16.7 Å². The van der Waals surface area contributed by atoms with E-state index in [0.29, 0.717) is 17.5 Å². The van der Waals surface area contributed by atoms with Gasteiger partial charge in [-0.2, -0.15) is 0 Å². The first-order valence-corrected chi connectivity index (χ1v) is 19.6. The number of nitrogens with zero attached hydrogens (tertiary/aromatic N) is 4. The predicted octanol–water partition coefficient (Wildman–Crippen LogP) is 13.7. The molecule has 0 unspecified atom stereocenters. The van der Waals surface area contributed by atoms with Crippen molar-refractivity contribution in [2.45, 2.75) is 0 Å². The topological polar surface area (TPSA) is 43.6 Å². The number of hydrogen-bond acceptors (Lipinski definition) is 4. The Labute approximate surface area is 327 Å². The molecule has 0 radical (unpaired) electrons. The molecule has 4 nitrogen and oxygen atoms in total. The number of thiophene rings is 1. The molecule has 0 bridgehead atoms. The molecule has 3 aromatic heterocycles. The normalized spacial score (nSPS) is 11.6. The highest BCUT2D eigenvalue weighted by Crippen LogP contribution is 2.45. The van der Waals surface area contributed by atoms with E-state index in [4.69, 9.17) is 15.0 Å². The van der Waals surface area contributed by atoms with E-state index >= 15 is 0 Å². The Bertz CT molecular complexity index is 3180. The maximum absolute atomic E-state index is 5.28. The molecule has 0 fully saturated rings. The third kappa shape index (κ3) is 5.40. The lowest BCUT2D eigenvalue weighted by Gasteiger charge is -2.16. The minimum Gasteiger partial charge on any atom is -0.308 e. The van der Waals surface area contributed by atoms with Gasteiger partial charge in [-0.25, -0.2) is 15.0 Å². The smallest absolute Gasteiger partial charge is 0.166 e. The van der Waals surface area contributed by atoms with E-state index < -0.39 is 0 Å². The third-order valence-electron chi connectivity index (χ3n) is 10.7. The van der Waals surface area contributed by atoms with Crippen molar-refractivity contribution in [2.75, 3.05) is 0 Å². The zero-order chi connectivity index (χ0) is 37.0. The second-order valence-electron chi connectivity index (χ2n) is 14.0. The van der Waals surface area contributed by atoms with Crippen molar-refractivity contribution in [3.05, 3.63) is 194 Å². The van der Waals surface area contributed by atoms with Crippen LogP contribution in [-0.2, 0) is 0 Å². The minimum absolute atomic E-state index is 0.614. The van der Waals surface area contributed by atoms with Gasteiger partial charge in [-0.15, -0.1) is 11.3 Å². The van der Waals surface area contributed by atoms with Crippen LogP contribution >= 0.6 is 11.3 Å². The van der Waals surface area contributed by atoms with E-state index in [1.54, 1.807) is 0 Å². The summed E-state index contributed by atoms with van der Waals surface area (Å²) in [6.07, 6.45) is 0. The lowest BCUT2D eigenvalue weighted by atomic mass is 9.97. The molecule has 5 heteroatoms. The van der Waals surface area contributed by atoms with Crippen LogP contribution in [0.15, 0.2) is 194 Å². The van der Waals surface area contributed by atoms with Crippen LogP contribution in [0.5, 0.6) is 0 Å².